The predicted molar refractivity (Wildman–Crippen MR) is 82.3 cm³/mol. The minimum Gasteiger partial charge on any atom is -0.351 e. The maximum Gasteiger partial charge on any atom is 0.316 e. The molecule has 1 fully saturated rings. The number of hydrogen-bond acceptors (Lipinski definition) is 3. The number of likely N-dealkylation sites (tertiary alicyclic amines) is 1. The van der Waals surface area contributed by atoms with Crippen molar-refractivity contribution in [2.45, 2.75) is 18.9 Å². The van der Waals surface area contributed by atoms with Gasteiger partial charge in [-0.05, 0) is 51.2 Å². The fourth-order valence-corrected chi connectivity index (χ4v) is 2.61. The summed E-state index contributed by atoms with van der Waals surface area (Å²) in [5, 5.41) is 2.48. The van der Waals surface area contributed by atoms with Crippen molar-refractivity contribution in [2.24, 2.45) is 5.73 Å². The fourth-order valence-electron chi connectivity index (χ4n) is 2.61. The number of nitrogens with zero attached hydrogens (tertiary/aromatic N) is 2. The standard InChI is InChI=1S/C15H22N4O2/c1-18(2)13-7-9-19(10-8-13)14(20)11-3-5-12(6-4-11)17-15(16)21/h3-6,13H,7-10H2,1-2H3,(H3,16,17,21). The zero-order chi connectivity index (χ0) is 15.4. The van der Waals surface area contributed by atoms with E-state index in [1.165, 1.54) is 0 Å². The molecular weight excluding hydrogens is 268 g/mol. The third-order valence-corrected chi connectivity index (χ3v) is 3.88. The molecule has 0 unspecified atom stereocenters. The van der Waals surface area contributed by atoms with Crippen molar-refractivity contribution in [1.29, 1.82) is 0 Å². The normalized spacial score (nSPS) is 16.0. The molecule has 1 aromatic carbocycles. The summed E-state index contributed by atoms with van der Waals surface area (Å²) in [6.07, 6.45) is 2.00. The van der Waals surface area contributed by atoms with Crippen LogP contribution < -0.4 is 11.1 Å². The maximum atomic E-state index is 12.4. The number of hydrogen-bond donors (Lipinski definition) is 2. The van der Waals surface area contributed by atoms with E-state index in [-0.39, 0.29) is 5.91 Å². The average Bonchev–Trinajstić information content (AvgIpc) is 2.47. The molecule has 114 valence electrons. The molecule has 0 saturated carbocycles. The molecule has 0 atom stereocenters. The third kappa shape index (κ3) is 3.95. The molecule has 3 N–H and O–H groups in total. The van der Waals surface area contributed by atoms with Crippen LogP contribution in [0.1, 0.15) is 23.2 Å². The van der Waals surface area contributed by atoms with Crippen LogP contribution in [0, 0.1) is 0 Å². The number of carbonyl (C=O) groups excluding carboxylic acids is 2. The number of anilines is 1. The number of nitrogens with one attached hydrogen (secondary N) is 1. The lowest BCUT2D eigenvalue weighted by Crippen LogP contribution is -2.44. The Morgan fingerprint density at radius 3 is 2.24 bits per heavy atom. The highest BCUT2D eigenvalue weighted by Crippen LogP contribution is 2.17. The number of primary amides is 1. The lowest BCUT2D eigenvalue weighted by atomic mass is 10.0. The van der Waals surface area contributed by atoms with Gasteiger partial charge in [-0.25, -0.2) is 4.79 Å². The zero-order valence-corrected chi connectivity index (χ0v) is 12.5. The van der Waals surface area contributed by atoms with Gasteiger partial charge in [0.25, 0.3) is 5.91 Å². The fraction of sp³-hybridized carbons (Fsp3) is 0.467. The number of carbonyl (C=O) groups is 2. The zero-order valence-electron chi connectivity index (χ0n) is 12.5. The van der Waals surface area contributed by atoms with E-state index in [9.17, 15) is 9.59 Å². The molecule has 1 aliphatic heterocycles. The highest BCUT2D eigenvalue weighted by molar-refractivity contribution is 5.95. The Bertz CT molecular complexity index is 505. The highest BCUT2D eigenvalue weighted by Gasteiger charge is 2.24. The maximum absolute atomic E-state index is 12.4. The van der Waals surface area contributed by atoms with Crippen molar-refractivity contribution in [1.82, 2.24) is 9.80 Å². The van der Waals surface area contributed by atoms with Crippen molar-refractivity contribution in [3.63, 3.8) is 0 Å². The van der Waals surface area contributed by atoms with Crippen molar-refractivity contribution in [3.05, 3.63) is 29.8 Å². The van der Waals surface area contributed by atoms with E-state index in [0.29, 0.717) is 17.3 Å². The molecule has 1 saturated heterocycles. The van der Waals surface area contributed by atoms with Crippen molar-refractivity contribution in [3.8, 4) is 0 Å². The summed E-state index contributed by atoms with van der Waals surface area (Å²) in [5.41, 5.74) is 6.27. The first-order chi connectivity index (χ1) is 9.97. The molecule has 6 nitrogen and oxygen atoms in total. The van der Waals surface area contributed by atoms with Crippen LogP contribution in [0.3, 0.4) is 0 Å². The van der Waals surface area contributed by atoms with Gasteiger partial charge in [-0.15, -0.1) is 0 Å². The van der Waals surface area contributed by atoms with Crippen LogP contribution in [0.5, 0.6) is 0 Å². The monoisotopic (exact) mass is 290 g/mol. The number of piperidine rings is 1. The van der Waals surface area contributed by atoms with E-state index in [1.807, 2.05) is 4.90 Å². The molecule has 0 spiro atoms. The molecule has 0 aliphatic carbocycles. The van der Waals surface area contributed by atoms with Crippen LogP contribution in [0.4, 0.5) is 10.5 Å². The minimum atomic E-state index is -0.611. The number of amides is 3. The van der Waals surface area contributed by atoms with Gasteiger partial charge in [-0.1, -0.05) is 0 Å². The summed E-state index contributed by atoms with van der Waals surface area (Å²) in [6.45, 7) is 1.56. The Kier molecular flexibility index (Phi) is 4.80. The second kappa shape index (κ2) is 6.58. The van der Waals surface area contributed by atoms with Gasteiger partial charge < -0.3 is 20.9 Å². The molecule has 1 heterocycles. The topological polar surface area (TPSA) is 78.7 Å². The SMILES string of the molecule is CN(C)C1CCN(C(=O)c2ccc(NC(N)=O)cc2)CC1. The molecule has 1 aliphatic rings. The molecule has 0 bridgehead atoms. The van der Waals surface area contributed by atoms with Gasteiger partial charge in [0.15, 0.2) is 0 Å². The smallest absolute Gasteiger partial charge is 0.316 e. The van der Waals surface area contributed by atoms with Crippen molar-refractivity contribution < 1.29 is 9.59 Å². The lowest BCUT2D eigenvalue weighted by molar-refractivity contribution is 0.0663. The second-order valence-corrected chi connectivity index (χ2v) is 5.55. The molecule has 0 radical (unpaired) electrons. The van der Waals surface area contributed by atoms with E-state index in [4.69, 9.17) is 5.73 Å². The highest BCUT2D eigenvalue weighted by atomic mass is 16.2. The average molecular weight is 290 g/mol. The van der Waals surface area contributed by atoms with E-state index in [2.05, 4.69) is 24.3 Å². The summed E-state index contributed by atoms with van der Waals surface area (Å²) in [4.78, 5) is 27.3. The first-order valence-corrected chi connectivity index (χ1v) is 7.09. The molecule has 2 rings (SSSR count). The minimum absolute atomic E-state index is 0.0397. The van der Waals surface area contributed by atoms with Gasteiger partial charge >= 0.3 is 6.03 Å². The molecule has 1 aromatic rings. The second-order valence-electron chi connectivity index (χ2n) is 5.55. The molecule has 6 heteroatoms. The van der Waals surface area contributed by atoms with Crippen molar-refractivity contribution in [2.75, 3.05) is 32.5 Å². The van der Waals surface area contributed by atoms with E-state index in [1.54, 1.807) is 24.3 Å². The predicted octanol–water partition coefficient (Wildman–Crippen LogP) is 1.34. The van der Waals surface area contributed by atoms with Crippen LogP contribution >= 0.6 is 0 Å². The van der Waals surface area contributed by atoms with Gasteiger partial charge in [-0.3, -0.25) is 4.79 Å². The largest absolute Gasteiger partial charge is 0.351 e. The van der Waals surface area contributed by atoms with Crippen LogP contribution in [-0.2, 0) is 0 Å². The molecule has 3 amide bonds. The summed E-state index contributed by atoms with van der Waals surface area (Å²) >= 11 is 0. The van der Waals surface area contributed by atoms with Crippen LogP contribution in [0.2, 0.25) is 0 Å². The van der Waals surface area contributed by atoms with Crippen LogP contribution in [-0.4, -0.2) is 55.0 Å². The number of benzene rings is 1. The molecule has 21 heavy (non-hydrogen) atoms. The Balaban J connectivity index is 1.96. The van der Waals surface area contributed by atoms with E-state index >= 15 is 0 Å². The van der Waals surface area contributed by atoms with Gasteiger partial charge in [0, 0.05) is 30.4 Å². The van der Waals surface area contributed by atoms with Gasteiger partial charge in [0.2, 0.25) is 0 Å². The first-order valence-electron chi connectivity index (χ1n) is 7.09. The first kappa shape index (κ1) is 15.3. The summed E-state index contributed by atoms with van der Waals surface area (Å²) in [6, 6.07) is 6.74. The number of urea groups is 1. The Morgan fingerprint density at radius 1 is 1.19 bits per heavy atom. The number of rotatable bonds is 3. The molecule has 0 aromatic heterocycles. The molecular formula is C15H22N4O2. The van der Waals surface area contributed by atoms with Crippen LogP contribution in [0.15, 0.2) is 24.3 Å². The summed E-state index contributed by atoms with van der Waals surface area (Å²) in [7, 11) is 4.15. The van der Waals surface area contributed by atoms with E-state index in [0.717, 1.165) is 25.9 Å². The Hall–Kier alpha value is -2.08. The van der Waals surface area contributed by atoms with Crippen molar-refractivity contribution >= 4 is 17.6 Å². The quantitative estimate of drug-likeness (QED) is 0.882. The Morgan fingerprint density at radius 2 is 1.76 bits per heavy atom. The third-order valence-electron chi connectivity index (χ3n) is 3.88. The summed E-state index contributed by atoms with van der Waals surface area (Å²) in [5.74, 6) is 0.0397. The van der Waals surface area contributed by atoms with Gasteiger partial charge in [-0.2, -0.15) is 0 Å². The lowest BCUT2D eigenvalue weighted by Gasteiger charge is -2.35. The van der Waals surface area contributed by atoms with Crippen LogP contribution in [0.25, 0.3) is 0 Å². The Labute approximate surface area is 124 Å². The van der Waals surface area contributed by atoms with E-state index < -0.39 is 6.03 Å². The van der Waals surface area contributed by atoms with Gasteiger partial charge in [0.05, 0.1) is 0 Å². The number of nitrogens with two attached hydrogens (primary N) is 1. The van der Waals surface area contributed by atoms with Gasteiger partial charge in [0.1, 0.15) is 0 Å². The summed E-state index contributed by atoms with van der Waals surface area (Å²) < 4.78 is 0.